The maximum absolute atomic E-state index is 12.6. The van der Waals surface area contributed by atoms with E-state index in [1.165, 1.54) is 11.3 Å². The number of ether oxygens (including phenoxy) is 1. The third-order valence-corrected chi connectivity index (χ3v) is 5.69. The zero-order chi connectivity index (χ0) is 13.6. The highest BCUT2D eigenvalue weighted by molar-refractivity contribution is 9.12. The number of fused-ring (bicyclic) bond motifs is 1. The van der Waals surface area contributed by atoms with Gasteiger partial charge in [-0.15, -0.1) is 11.3 Å². The molecule has 0 amide bonds. The average Bonchev–Trinajstić information content (AvgIpc) is 2.93. The molecule has 2 heterocycles. The zero-order valence-electron chi connectivity index (χ0n) is 9.50. The van der Waals surface area contributed by atoms with E-state index in [2.05, 4.69) is 47.8 Å². The van der Waals surface area contributed by atoms with Crippen LogP contribution in [0.4, 0.5) is 0 Å². The fourth-order valence-electron chi connectivity index (χ4n) is 2.08. The molecule has 0 unspecified atom stereocenters. The summed E-state index contributed by atoms with van der Waals surface area (Å²) in [6, 6.07) is 5.67. The van der Waals surface area contributed by atoms with E-state index in [4.69, 9.17) is 4.74 Å². The molecule has 98 valence electrons. The summed E-state index contributed by atoms with van der Waals surface area (Å²) in [5.74, 6) is 0.704. The van der Waals surface area contributed by atoms with Crippen LogP contribution in [0.1, 0.15) is 21.5 Å². The maximum Gasteiger partial charge on any atom is 0.198 e. The van der Waals surface area contributed by atoms with Crippen LogP contribution >= 0.6 is 59.1 Å². The number of ketones is 1. The molecule has 0 N–H and O–H groups in total. The predicted molar refractivity (Wildman–Crippen MR) is 86.5 cm³/mol. The van der Waals surface area contributed by atoms with Crippen molar-refractivity contribution in [3.05, 3.63) is 46.9 Å². The number of hydrogen-bond acceptors (Lipinski definition) is 3. The van der Waals surface area contributed by atoms with Gasteiger partial charge in [0.2, 0.25) is 0 Å². The molecular weight excluding hydrogens is 460 g/mol. The van der Waals surface area contributed by atoms with Gasteiger partial charge in [0, 0.05) is 16.5 Å². The molecule has 1 aromatic heterocycles. The second kappa shape index (κ2) is 5.31. The first-order chi connectivity index (χ1) is 9.06. The Morgan fingerprint density at radius 2 is 1.95 bits per heavy atom. The fourth-order valence-corrected chi connectivity index (χ4v) is 5.38. The van der Waals surface area contributed by atoms with Crippen molar-refractivity contribution in [3.8, 4) is 5.75 Å². The molecule has 0 radical (unpaired) electrons. The smallest absolute Gasteiger partial charge is 0.198 e. The Bertz CT molecular complexity index is 679. The zero-order valence-corrected chi connectivity index (χ0v) is 15.1. The molecular formula is C13H7Br3O2S. The number of halogens is 3. The Labute approximate surface area is 139 Å². The molecule has 0 saturated carbocycles. The monoisotopic (exact) mass is 464 g/mol. The fraction of sp³-hybridized carbons (Fsp3) is 0.154. The van der Waals surface area contributed by atoms with E-state index in [-0.39, 0.29) is 5.78 Å². The summed E-state index contributed by atoms with van der Waals surface area (Å²) < 4.78 is 8.27. The molecule has 3 rings (SSSR count). The first kappa shape index (κ1) is 13.8. The molecule has 1 aliphatic heterocycles. The van der Waals surface area contributed by atoms with Crippen molar-refractivity contribution in [2.24, 2.45) is 0 Å². The lowest BCUT2D eigenvalue weighted by molar-refractivity contribution is 0.103. The summed E-state index contributed by atoms with van der Waals surface area (Å²) >= 11 is 11.8. The summed E-state index contributed by atoms with van der Waals surface area (Å²) in [6.45, 7) is 0.639. The van der Waals surface area contributed by atoms with Gasteiger partial charge in [0.15, 0.2) is 5.78 Å². The predicted octanol–water partition coefficient (Wildman–Crippen LogP) is 5.20. The largest absolute Gasteiger partial charge is 0.492 e. The van der Waals surface area contributed by atoms with Gasteiger partial charge in [-0.05, 0) is 55.6 Å². The second-order valence-corrected chi connectivity index (χ2v) is 8.77. The van der Waals surface area contributed by atoms with Crippen LogP contribution in [0.2, 0.25) is 0 Å². The van der Waals surface area contributed by atoms with Gasteiger partial charge in [0.25, 0.3) is 0 Å². The molecule has 0 aliphatic carbocycles. The third-order valence-electron chi connectivity index (χ3n) is 2.89. The minimum absolute atomic E-state index is 0.0201. The molecule has 0 atom stereocenters. The van der Waals surface area contributed by atoms with Crippen LogP contribution < -0.4 is 4.74 Å². The molecule has 0 saturated heterocycles. The van der Waals surface area contributed by atoms with Crippen LogP contribution in [0.15, 0.2) is 30.2 Å². The average molecular weight is 467 g/mol. The number of thiophene rings is 1. The van der Waals surface area contributed by atoms with Crippen LogP contribution in [0.3, 0.4) is 0 Å². The van der Waals surface area contributed by atoms with E-state index in [0.717, 1.165) is 29.8 Å². The summed E-state index contributed by atoms with van der Waals surface area (Å²) in [5.41, 5.74) is 2.36. The normalized spacial score (nSPS) is 13.2. The van der Waals surface area contributed by atoms with Crippen molar-refractivity contribution in [2.45, 2.75) is 6.42 Å². The lowest BCUT2D eigenvalue weighted by Gasteiger charge is -2.07. The first-order valence-corrected chi connectivity index (χ1v) is 8.70. The maximum atomic E-state index is 12.6. The van der Waals surface area contributed by atoms with Crippen molar-refractivity contribution >= 4 is 64.9 Å². The molecule has 0 spiro atoms. The van der Waals surface area contributed by atoms with Gasteiger partial charge in [0.1, 0.15) is 5.75 Å². The molecule has 6 heteroatoms. The standard InChI is InChI=1S/C13H7Br3O2S/c14-7-3-6-1-2-18-12(6)8(4-7)11(17)9-5-10(15)19-13(9)16/h3-5H,1-2H2. The number of rotatable bonds is 2. The van der Waals surface area contributed by atoms with E-state index in [1.807, 2.05) is 18.2 Å². The van der Waals surface area contributed by atoms with Gasteiger partial charge in [0.05, 0.1) is 19.7 Å². The van der Waals surface area contributed by atoms with Crippen molar-refractivity contribution in [1.82, 2.24) is 0 Å². The van der Waals surface area contributed by atoms with Crippen LogP contribution in [-0.2, 0) is 6.42 Å². The molecule has 0 fully saturated rings. The van der Waals surface area contributed by atoms with Crippen molar-refractivity contribution in [2.75, 3.05) is 6.61 Å². The lowest BCUT2D eigenvalue weighted by Crippen LogP contribution is -2.03. The van der Waals surface area contributed by atoms with Crippen LogP contribution in [0, 0.1) is 0 Å². The summed E-state index contributed by atoms with van der Waals surface area (Å²) in [5, 5.41) is 0. The Kier molecular flexibility index (Phi) is 3.86. The van der Waals surface area contributed by atoms with E-state index in [1.54, 1.807) is 0 Å². The quantitative estimate of drug-likeness (QED) is 0.568. The highest BCUT2D eigenvalue weighted by Gasteiger charge is 2.24. The second-order valence-electron chi connectivity index (χ2n) is 4.11. The van der Waals surface area contributed by atoms with Crippen LogP contribution in [0.5, 0.6) is 5.75 Å². The Hall–Kier alpha value is -0.170. The van der Waals surface area contributed by atoms with Crippen molar-refractivity contribution in [3.63, 3.8) is 0 Å². The summed E-state index contributed by atoms with van der Waals surface area (Å²) in [7, 11) is 0. The first-order valence-electron chi connectivity index (χ1n) is 5.51. The topological polar surface area (TPSA) is 26.3 Å². The Morgan fingerprint density at radius 1 is 1.16 bits per heavy atom. The number of benzene rings is 1. The van der Waals surface area contributed by atoms with Gasteiger partial charge in [-0.1, -0.05) is 15.9 Å². The van der Waals surface area contributed by atoms with E-state index in [0.29, 0.717) is 17.7 Å². The highest BCUT2D eigenvalue weighted by Crippen LogP contribution is 2.38. The molecule has 2 aromatic rings. The van der Waals surface area contributed by atoms with Gasteiger partial charge in [-0.3, -0.25) is 4.79 Å². The molecule has 1 aromatic carbocycles. The number of hydrogen-bond donors (Lipinski definition) is 0. The minimum atomic E-state index is -0.0201. The number of carbonyl (C=O) groups excluding carboxylic acids is 1. The highest BCUT2D eigenvalue weighted by atomic mass is 79.9. The van der Waals surface area contributed by atoms with Crippen molar-refractivity contribution < 1.29 is 9.53 Å². The lowest BCUT2D eigenvalue weighted by atomic mass is 10.0. The van der Waals surface area contributed by atoms with Gasteiger partial charge >= 0.3 is 0 Å². The van der Waals surface area contributed by atoms with E-state index < -0.39 is 0 Å². The molecule has 19 heavy (non-hydrogen) atoms. The molecule has 1 aliphatic rings. The summed E-state index contributed by atoms with van der Waals surface area (Å²) in [6.07, 6.45) is 0.851. The SMILES string of the molecule is O=C(c1cc(Br)sc1Br)c1cc(Br)cc2c1OCC2. The van der Waals surface area contributed by atoms with Gasteiger partial charge < -0.3 is 4.74 Å². The Morgan fingerprint density at radius 3 is 2.63 bits per heavy atom. The molecule has 0 bridgehead atoms. The molecule has 2 nitrogen and oxygen atoms in total. The number of carbonyl (C=O) groups is 1. The van der Waals surface area contributed by atoms with Gasteiger partial charge in [-0.25, -0.2) is 0 Å². The van der Waals surface area contributed by atoms with Crippen LogP contribution in [-0.4, -0.2) is 12.4 Å². The summed E-state index contributed by atoms with van der Waals surface area (Å²) in [4.78, 5) is 12.6. The Balaban J connectivity index is 2.12. The van der Waals surface area contributed by atoms with Gasteiger partial charge in [-0.2, -0.15) is 0 Å². The van der Waals surface area contributed by atoms with E-state index in [9.17, 15) is 4.79 Å². The third kappa shape index (κ3) is 2.55. The van der Waals surface area contributed by atoms with Crippen LogP contribution in [0.25, 0.3) is 0 Å². The van der Waals surface area contributed by atoms with E-state index >= 15 is 0 Å². The van der Waals surface area contributed by atoms with Crippen molar-refractivity contribution in [1.29, 1.82) is 0 Å². The minimum Gasteiger partial charge on any atom is -0.492 e.